The van der Waals surface area contributed by atoms with Crippen LogP contribution in [-0.4, -0.2) is 47.5 Å². The van der Waals surface area contributed by atoms with Crippen LogP contribution in [-0.2, 0) is 29.5 Å². The number of nitrogens with one attached hydrogen (secondary N) is 1. The molecule has 2 heterocycles. The van der Waals surface area contributed by atoms with Crippen LogP contribution in [0.2, 0.25) is 0 Å². The van der Waals surface area contributed by atoms with Crippen molar-refractivity contribution in [2.24, 2.45) is 0 Å². The van der Waals surface area contributed by atoms with Gasteiger partial charge in [-0.2, -0.15) is 0 Å². The average molecular weight is 406 g/mol. The lowest BCUT2D eigenvalue weighted by Crippen LogP contribution is -2.27. The fraction of sp³-hybridized carbons (Fsp3) is 0.526. The zero-order chi connectivity index (χ0) is 20.5. The summed E-state index contributed by atoms with van der Waals surface area (Å²) in [5.41, 5.74) is 1.72. The van der Waals surface area contributed by atoms with E-state index in [4.69, 9.17) is 0 Å². The van der Waals surface area contributed by atoms with E-state index in [-0.39, 0.29) is 17.3 Å². The number of carbonyl (C=O) groups is 1. The van der Waals surface area contributed by atoms with E-state index in [2.05, 4.69) is 20.1 Å². The van der Waals surface area contributed by atoms with Crippen molar-refractivity contribution >= 4 is 15.9 Å². The van der Waals surface area contributed by atoms with Crippen molar-refractivity contribution in [3.05, 3.63) is 40.5 Å². The summed E-state index contributed by atoms with van der Waals surface area (Å²) in [5.74, 6) is 1.37. The van der Waals surface area contributed by atoms with Crippen LogP contribution < -0.4 is 5.32 Å². The van der Waals surface area contributed by atoms with E-state index in [0.717, 1.165) is 47.3 Å². The second-order valence-corrected chi connectivity index (χ2v) is 9.50. The summed E-state index contributed by atoms with van der Waals surface area (Å²) in [6.07, 6.45) is 4.26. The lowest BCUT2D eigenvalue weighted by molar-refractivity contribution is 0.0949. The molecule has 1 aliphatic rings. The van der Waals surface area contributed by atoms with E-state index in [1.54, 1.807) is 19.9 Å². The van der Waals surface area contributed by atoms with Gasteiger partial charge < -0.3 is 9.88 Å². The largest absolute Gasteiger partial charge is 0.345 e. The molecule has 1 aromatic carbocycles. The van der Waals surface area contributed by atoms with Crippen LogP contribution in [0.1, 0.15) is 52.4 Å². The summed E-state index contributed by atoms with van der Waals surface area (Å²) in [6.45, 7) is 4.68. The molecule has 28 heavy (non-hydrogen) atoms. The van der Waals surface area contributed by atoms with Crippen molar-refractivity contribution < 1.29 is 13.2 Å². The van der Waals surface area contributed by atoms with Gasteiger partial charge >= 0.3 is 0 Å². The number of aryl methyl sites for hydroxylation is 2. The second kappa shape index (κ2) is 8.00. The lowest BCUT2D eigenvalue weighted by Gasteiger charge is -2.16. The number of hydrogen-bond acceptors (Lipinski definition) is 5. The molecule has 152 valence electrons. The number of sulfonamides is 1. The van der Waals surface area contributed by atoms with Gasteiger partial charge in [0.15, 0.2) is 5.82 Å². The van der Waals surface area contributed by atoms with Crippen LogP contribution in [0.25, 0.3) is 0 Å². The lowest BCUT2D eigenvalue weighted by atomic mass is 10.1. The summed E-state index contributed by atoms with van der Waals surface area (Å²) in [6, 6.07) is 3.15. The molecule has 0 radical (unpaired) electrons. The maximum absolute atomic E-state index is 12.7. The Morgan fingerprint density at radius 1 is 1.18 bits per heavy atom. The second-order valence-electron chi connectivity index (χ2n) is 7.38. The first-order valence-corrected chi connectivity index (χ1v) is 10.9. The molecule has 9 heteroatoms. The Hall–Kier alpha value is -2.26. The number of amides is 1. The Morgan fingerprint density at radius 2 is 1.93 bits per heavy atom. The zero-order valence-corrected chi connectivity index (χ0v) is 17.6. The molecule has 8 nitrogen and oxygen atoms in total. The summed E-state index contributed by atoms with van der Waals surface area (Å²) in [5, 5.41) is 11.3. The third-order valence-corrected chi connectivity index (χ3v) is 7.17. The molecule has 0 saturated heterocycles. The number of nitrogens with zero attached hydrogens (tertiary/aromatic N) is 4. The van der Waals surface area contributed by atoms with Gasteiger partial charge in [0.25, 0.3) is 5.91 Å². The molecule has 0 spiro atoms. The normalized spacial score (nSPS) is 14.6. The van der Waals surface area contributed by atoms with Gasteiger partial charge in [0.1, 0.15) is 5.82 Å². The van der Waals surface area contributed by atoms with Crippen molar-refractivity contribution in [1.82, 2.24) is 24.4 Å². The van der Waals surface area contributed by atoms with Crippen LogP contribution in [0, 0.1) is 13.8 Å². The molecule has 1 aromatic heterocycles. The Balaban J connectivity index is 1.82. The standard InChI is InChI=1S/C19H27N5O3S/c1-13-10-15(11-16(14(13)2)28(26,27)23(3)4)19(25)20-12-18-22-21-17-8-6-5-7-9-24(17)18/h10-11H,5-9,12H2,1-4H3,(H,20,25). The maximum Gasteiger partial charge on any atom is 0.251 e. The summed E-state index contributed by atoms with van der Waals surface area (Å²) in [7, 11) is -0.673. The van der Waals surface area contributed by atoms with Gasteiger partial charge in [0.2, 0.25) is 10.0 Å². The molecule has 3 rings (SSSR count). The SMILES string of the molecule is Cc1cc(C(=O)NCc2nnc3n2CCCCC3)cc(S(=O)(=O)N(C)C)c1C. The van der Waals surface area contributed by atoms with Crippen LogP contribution >= 0.6 is 0 Å². The third-order valence-electron chi connectivity index (χ3n) is 5.23. The van der Waals surface area contributed by atoms with Gasteiger partial charge in [-0.05, 0) is 49.9 Å². The molecule has 0 saturated carbocycles. The molecule has 1 aliphatic heterocycles. The van der Waals surface area contributed by atoms with Crippen molar-refractivity contribution in [1.29, 1.82) is 0 Å². The monoisotopic (exact) mass is 405 g/mol. The fourth-order valence-electron chi connectivity index (χ4n) is 3.36. The van der Waals surface area contributed by atoms with Gasteiger partial charge in [-0.3, -0.25) is 4.79 Å². The molecular weight excluding hydrogens is 378 g/mol. The molecule has 1 N–H and O–H groups in total. The molecule has 0 aliphatic carbocycles. The fourth-order valence-corrected chi connectivity index (χ4v) is 4.58. The molecule has 0 fully saturated rings. The van der Waals surface area contributed by atoms with Crippen molar-refractivity contribution in [3.63, 3.8) is 0 Å². The zero-order valence-electron chi connectivity index (χ0n) is 16.8. The number of carbonyl (C=O) groups excluding carboxylic acids is 1. The molecule has 2 aromatic rings. The van der Waals surface area contributed by atoms with Gasteiger partial charge in [0, 0.05) is 32.6 Å². The number of rotatable bonds is 5. The summed E-state index contributed by atoms with van der Waals surface area (Å²) < 4.78 is 28.4. The molecule has 1 amide bonds. The first kappa shape index (κ1) is 20.5. The topological polar surface area (TPSA) is 97.2 Å². The minimum Gasteiger partial charge on any atom is -0.345 e. The van der Waals surface area contributed by atoms with Crippen molar-refractivity contribution in [2.45, 2.75) is 57.5 Å². The quantitative estimate of drug-likeness (QED) is 0.818. The average Bonchev–Trinajstić information content (AvgIpc) is 2.87. The predicted molar refractivity (Wildman–Crippen MR) is 106 cm³/mol. The predicted octanol–water partition coefficient (Wildman–Crippen LogP) is 1.80. The van der Waals surface area contributed by atoms with Crippen LogP contribution in [0.4, 0.5) is 0 Å². The van der Waals surface area contributed by atoms with E-state index in [0.29, 0.717) is 11.1 Å². The highest BCUT2D eigenvalue weighted by atomic mass is 32.2. The van der Waals surface area contributed by atoms with E-state index in [1.165, 1.54) is 26.6 Å². The van der Waals surface area contributed by atoms with Crippen LogP contribution in [0.3, 0.4) is 0 Å². The minimum atomic E-state index is -3.63. The Kier molecular flexibility index (Phi) is 5.85. The molecular formula is C19H27N5O3S. The number of aromatic nitrogens is 3. The van der Waals surface area contributed by atoms with Crippen molar-refractivity contribution in [3.8, 4) is 0 Å². The van der Waals surface area contributed by atoms with E-state index < -0.39 is 10.0 Å². The number of fused-ring (bicyclic) bond motifs is 1. The molecule has 0 bridgehead atoms. The first-order valence-electron chi connectivity index (χ1n) is 9.44. The first-order chi connectivity index (χ1) is 13.2. The van der Waals surface area contributed by atoms with Gasteiger partial charge in [-0.1, -0.05) is 6.42 Å². The van der Waals surface area contributed by atoms with Gasteiger partial charge in [0.05, 0.1) is 11.4 Å². The third kappa shape index (κ3) is 3.95. The Morgan fingerprint density at radius 3 is 2.64 bits per heavy atom. The minimum absolute atomic E-state index is 0.152. The summed E-state index contributed by atoms with van der Waals surface area (Å²) in [4.78, 5) is 12.9. The highest BCUT2D eigenvalue weighted by molar-refractivity contribution is 7.89. The molecule has 0 unspecified atom stereocenters. The highest BCUT2D eigenvalue weighted by Gasteiger charge is 2.23. The number of hydrogen-bond donors (Lipinski definition) is 1. The van der Waals surface area contributed by atoms with Gasteiger partial charge in [-0.15, -0.1) is 10.2 Å². The maximum atomic E-state index is 12.7. The Bertz CT molecular complexity index is 995. The van der Waals surface area contributed by atoms with Crippen LogP contribution in [0.5, 0.6) is 0 Å². The summed E-state index contributed by atoms with van der Waals surface area (Å²) >= 11 is 0. The smallest absolute Gasteiger partial charge is 0.251 e. The number of benzene rings is 1. The van der Waals surface area contributed by atoms with Crippen molar-refractivity contribution in [2.75, 3.05) is 14.1 Å². The highest BCUT2D eigenvalue weighted by Crippen LogP contribution is 2.23. The van der Waals surface area contributed by atoms with E-state index >= 15 is 0 Å². The molecule has 0 atom stereocenters. The van der Waals surface area contributed by atoms with E-state index in [1.807, 2.05) is 0 Å². The van der Waals surface area contributed by atoms with E-state index in [9.17, 15) is 13.2 Å². The van der Waals surface area contributed by atoms with Crippen LogP contribution in [0.15, 0.2) is 17.0 Å². The van der Waals surface area contributed by atoms with Gasteiger partial charge in [-0.25, -0.2) is 12.7 Å². The Labute approximate surface area is 166 Å².